The Hall–Kier alpha value is -0.480. The predicted octanol–water partition coefficient (Wildman–Crippen LogP) is 3.29. The molecule has 0 heterocycles. The standard InChI is InChI=1S/C12H15BrO2S/c1-16-8-7-15-12(14)6-5-10-3-2-4-11(13)9-10/h2-4,9H,5-8H2,1H3. The van der Waals surface area contributed by atoms with Crippen molar-refractivity contribution in [1.29, 1.82) is 0 Å². The molecule has 2 nitrogen and oxygen atoms in total. The number of carbonyl (C=O) groups is 1. The van der Waals surface area contributed by atoms with Crippen molar-refractivity contribution in [3.63, 3.8) is 0 Å². The molecule has 1 aromatic carbocycles. The van der Waals surface area contributed by atoms with Gasteiger partial charge in [0.2, 0.25) is 0 Å². The van der Waals surface area contributed by atoms with Crippen molar-refractivity contribution in [2.75, 3.05) is 18.6 Å². The van der Waals surface area contributed by atoms with Crippen molar-refractivity contribution < 1.29 is 9.53 Å². The van der Waals surface area contributed by atoms with Gasteiger partial charge in [-0.15, -0.1) is 0 Å². The maximum Gasteiger partial charge on any atom is 0.306 e. The number of halogens is 1. The number of benzene rings is 1. The second kappa shape index (κ2) is 7.74. The fourth-order valence-electron chi connectivity index (χ4n) is 1.25. The molecule has 0 radical (unpaired) electrons. The number of thioether (sulfide) groups is 1. The quantitative estimate of drug-likeness (QED) is 0.596. The van der Waals surface area contributed by atoms with Gasteiger partial charge in [-0.3, -0.25) is 4.79 Å². The van der Waals surface area contributed by atoms with Crippen LogP contribution in [0.15, 0.2) is 28.7 Å². The van der Waals surface area contributed by atoms with Crippen LogP contribution in [0.25, 0.3) is 0 Å². The zero-order valence-corrected chi connectivity index (χ0v) is 11.6. The SMILES string of the molecule is CSCCOC(=O)CCc1cccc(Br)c1. The lowest BCUT2D eigenvalue weighted by Gasteiger charge is -2.04. The zero-order chi connectivity index (χ0) is 11.8. The van der Waals surface area contributed by atoms with Gasteiger partial charge in [0, 0.05) is 16.6 Å². The van der Waals surface area contributed by atoms with Crippen LogP contribution in [0.3, 0.4) is 0 Å². The van der Waals surface area contributed by atoms with Crippen LogP contribution in [0.1, 0.15) is 12.0 Å². The lowest BCUT2D eigenvalue weighted by molar-refractivity contribution is -0.142. The molecule has 0 saturated heterocycles. The summed E-state index contributed by atoms with van der Waals surface area (Å²) < 4.78 is 6.11. The summed E-state index contributed by atoms with van der Waals surface area (Å²) in [6.45, 7) is 0.512. The van der Waals surface area contributed by atoms with E-state index in [4.69, 9.17) is 4.74 Å². The molecule has 1 aromatic rings. The number of hydrogen-bond donors (Lipinski definition) is 0. The third-order valence-electron chi connectivity index (χ3n) is 2.06. The van der Waals surface area contributed by atoms with Gasteiger partial charge < -0.3 is 4.74 Å². The average molecular weight is 303 g/mol. The van der Waals surface area contributed by atoms with E-state index in [0.29, 0.717) is 13.0 Å². The molecule has 0 aliphatic heterocycles. The molecule has 4 heteroatoms. The Balaban J connectivity index is 2.26. The molecular formula is C12H15BrO2S. The summed E-state index contributed by atoms with van der Waals surface area (Å²) in [5, 5.41) is 0. The molecule has 0 bridgehead atoms. The monoisotopic (exact) mass is 302 g/mol. The number of aryl methyl sites for hydroxylation is 1. The number of carbonyl (C=O) groups excluding carboxylic acids is 1. The van der Waals surface area contributed by atoms with E-state index in [2.05, 4.69) is 15.9 Å². The van der Waals surface area contributed by atoms with E-state index in [1.807, 2.05) is 30.5 Å². The Morgan fingerprint density at radius 3 is 3.00 bits per heavy atom. The topological polar surface area (TPSA) is 26.3 Å². The third-order valence-corrected chi connectivity index (χ3v) is 3.13. The molecule has 0 spiro atoms. The highest BCUT2D eigenvalue weighted by Gasteiger charge is 2.03. The Morgan fingerprint density at radius 1 is 1.50 bits per heavy atom. The van der Waals surface area contributed by atoms with E-state index in [1.54, 1.807) is 11.8 Å². The van der Waals surface area contributed by atoms with Gasteiger partial charge >= 0.3 is 5.97 Å². The highest BCUT2D eigenvalue weighted by atomic mass is 79.9. The van der Waals surface area contributed by atoms with E-state index in [-0.39, 0.29) is 5.97 Å². The van der Waals surface area contributed by atoms with Crippen molar-refractivity contribution in [2.45, 2.75) is 12.8 Å². The molecule has 0 amide bonds. The van der Waals surface area contributed by atoms with E-state index in [1.165, 1.54) is 0 Å². The minimum absolute atomic E-state index is 0.117. The minimum Gasteiger partial charge on any atom is -0.465 e. The Morgan fingerprint density at radius 2 is 2.31 bits per heavy atom. The summed E-state index contributed by atoms with van der Waals surface area (Å²) in [4.78, 5) is 11.3. The summed E-state index contributed by atoms with van der Waals surface area (Å²) in [7, 11) is 0. The van der Waals surface area contributed by atoms with Gasteiger partial charge in [0.1, 0.15) is 6.61 Å². The van der Waals surface area contributed by atoms with Gasteiger partial charge in [0.15, 0.2) is 0 Å². The van der Waals surface area contributed by atoms with Crippen molar-refractivity contribution in [1.82, 2.24) is 0 Å². The summed E-state index contributed by atoms with van der Waals surface area (Å²) in [6.07, 6.45) is 3.18. The lowest BCUT2D eigenvalue weighted by atomic mass is 10.1. The molecule has 16 heavy (non-hydrogen) atoms. The first-order valence-electron chi connectivity index (χ1n) is 5.11. The zero-order valence-electron chi connectivity index (χ0n) is 9.24. The molecule has 0 atom stereocenters. The third kappa shape index (κ3) is 5.56. The van der Waals surface area contributed by atoms with Crippen LogP contribution in [0.5, 0.6) is 0 Å². The molecule has 88 valence electrons. The first kappa shape index (κ1) is 13.6. The molecule has 0 fully saturated rings. The molecule has 0 saturated carbocycles. The van der Waals surface area contributed by atoms with Gasteiger partial charge in [-0.25, -0.2) is 0 Å². The normalized spacial score (nSPS) is 10.1. The first-order valence-corrected chi connectivity index (χ1v) is 7.30. The second-order valence-corrected chi connectivity index (χ2v) is 5.24. The Bertz CT molecular complexity index is 342. The van der Waals surface area contributed by atoms with Gasteiger partial charge in [0.05, 0.1) is 0 Å². The molecular weight excluding hydrogens is 288 g/mol. The summed E-state index contributed by atoms with van der Waals surface area (Å²) in [6, 6.07) is 7.98. The maximum atomic E-state index is 11.3. The Labute approximate surface area is 109 Å². The van der Waals surface area contributed by atoms with Crippen LogP contribution in [0.2, 0.25) is 0 Å². The maximum absolute atomic E-state index is 11.3. The summed E-state index contributed by atoms with van der Waals surface area (Å²) in [5.74, 6) is 0.747. The first-order chi connectivity index (χ1) is 7.72. The summed E-state index contributed by atoms with van der Waals surface area (Å²) in [5.41, 5.74) is 1.15. The van der Waals surface area contributed by atoms with E-state index >= 15 is 0 Å². The molecule has 1 rings (SSSR count). The van der Waals surface area contributed by atoms with Crippen LogP contribution in [0, 0.1) is 0 Å². The van der Waals surface area contributed by atoms with Gasteiger partial charge in [-0.05, 0) is 30.4 Å². The van der Waals surface area contributed by atoms with Crippen molar-refractivity contribution in [3.05, 3.63) is 34.3 Å². The number of esters is 1. The second-order valence-electron chi connectivity index (χ2n) is 3.34. The van der Waals surface area contributed by atoms with Crippen LogP contribution < -0.4 is 0 Å². The number of hydrogen-bond acceptors (Lipinski definition) is 3. The van der Waals surface area contributed by atoms with Gasteiger partial charge in [-0.2, -0.15) is 11.8 Å². The molecule has 0 unspecified atom stereocenters. The number of ether oxygens (including phenoxy) is 1. The van der Waals surface area contributed by atoms with Crippen molar-refractivity contribution in [3.8, 4) is 0 Å². The Kier molecular flexibility index (Phi) is 6.57. The van der Waals surface area contributed by atoms with Crippen LogP contribution >= 0.6 is 27.7 Å². The minimum atomic E-state index is -0.117. The largest absolute Gasteiger partial charge is 0.465 e. The van der Waals surface area contributed by atoms with E-state index in [9.17, 15) is 4.79 Å². The van der Waals surface area contributed by atoms with Crippen molar-refractivity contribution in [2.24, 2.45) is 0 Å². The van der Waals surface area contributed by atoms with Crippen LogP contribution in [-0.2, 0) is 16.0 Å². The molecule has 0 aromatic heterocycles. The van der Waals surface area contributed by atoms with Crippen LogP contribution in [-0.4, -0.2) is 24.6 Å². The molecule has 0 N–H and O–H groups in total. The molecule has 0 aliphatic rings. The fourth-order valence-corrected chi connectivity index (χ4v) is 1.95. The number of rotatable bonds is 6. The fraction of sp³-hybridized carbons (Fsp3) is 0.417. The predicted molar refractivity (Wildman–Crippen MR) is 71.8 cm³/mol. The highest BCUT2D eigenvalue weighted by Crippen LogP contribution is 2.13. The highest BCUT2D eigenvalue weighted by molar-refractivity contribution is 9.10. The lowest BCUT2D eigenvalue weighted by Crippen LogP contribution is -2.08. The van der Waals surface area contributed by atoms with Crippen molar-refractivity contribution >= 4 is 33.7 Å². The van der Waals surface area contributed by atoms with E-state index < -0.39 is 0 Å². The molecule has 0 aliphatic carbocycles. The average Bonchev–Trinajstić information content (AvgIpc) is 2.27. The van der Waals surface area contributed by atoms with E-state index in [0.717, 1.165) is 22.2 Å². The van der Waals surface area contributed by atoms with Crippen LogP contribution in [0.4, 0.5) is 0 Å². The van der Waals surface area contributed by atoms with Gasteiger partial charge in [0.25, 0.3) is 0 Å². The smallest absolute Gasteiger partial charge is 0.306 e. The summed E-state index contributed by atoms with van der Waals surface area (Å²) >= 11 is 5.08. The van der Waals surface area contributed by atoms with Gasteiger partial charge in [-0.1, -0.05) is 28.1 Å².